The molecule has 1 rings (SSSR count). The smallest absolute Gasteiger partial charge is 0.186 e. The van der Waals surface area contributed by atoms with E-state index < -0.39 is 6.10 Å². The Morgan fingerprint density at radius 2 is 1.95 bits per heavy atom. The van der Waals surface area contributed by atoms with Crippen LogP contribution in [0.25, 0.3) is 0 Å². The molecule has 0 bridgehead atoms. The number of aliphatic imine (C=N–C) groups is 2. The minimum Gasteiger partial charge on any atom is -0.411 e. The fourth-order valence-corrected chi connectivity index (χ4v) is 3.56. The van der Waals surface area contributed by atoms with Crippen molar-refractivity contribution in [1.29, 1.82) is 0 Å². The lowest BCUT2D eigenvalue weighted by Crippen LogP contribution is -2.40. The fraction of sp³-hybridized carbons (Fsp3) is 0.800. The first-order valence-corrected chi connectivity index (χ1v) is 7.92. The van der Waals surface area contributed by atoms with Crippen molar-refractivity contribution in [2.24, 2.45) is 44.4 Å². The van der Waals surface area contributed by atoms with Gasteiger partial charge in [-0.15, -0.1) is 5.16 Å². The van der Waals surface area contributed by atoms with Crippen molar-refractivity contribution in [2.75, 3.05) is 0 Å². The van der Waals surface area contributed by atoms with Gasteiger partial charge in [-0.05, 0) is 25.5 Å². The molecule has 22 heavy (non-hydrogen) atoms. The zero-order valence-electron chi connectivity index (χ0n) is 13.6. The summed E-state index contributed by atoms with van der Waals surface area (Å²) in [6.07, 6.45) is 4.93. The topological polar surface area (TPSA) is 130 Å². The summed E-state index contributed by atoms with van der Waals surface area (Å²) in [5.41, 5.74) is 11.1. The van der Waals surface area contributed by atoms with Crippen LogP contribution >= 0.6 is 0 Å². The predicted octanol–water partition coefficient (Wildman–Crippen LogP) is 0.981. The van der Waals surface area contributed by atoms with E-state index in [1.807, 2.05) is 6.92 Å². The largest absolute Gasteiger partial charge is 0.411 e. The second-order valence-electron chi connectivity index (χ2n) is 5.83. The molecule has 0 spiro atoms. The minimum atomic E-state index is -0.682. The zero-order valence-corrected chi connectivity index (χ0v) is 13.6. The van der Waals surface area contributed by atoms with Gasteiger partial charge in [0, 0.05) is 18.1 Å². The molecule has 1 aliphatic carbocycles. The molecule has 0 saturated heterocycles. The van der Waals surface area contributed by atoms with Crippen LogP contribution in [0.3, 0.4) is 0 Å². The number of guanidine groups is 1. The lowest BCUT2D eigenvalue weighted by atomic mass is 9.81. The molecule has 0 heterocycles. The summed E-state index contributed by atoms with van der Waals surface area (Å²) in [7, 11) is 0. The molecule has 5 atom stereocenters. The third kappa shape index (κ3) is 4.19. The Hall–Kier alpha value is -1.63. The van der Waals surface area contributed by atoms with E-state index in [1.54, 1.807) is 6.21 Å². The highest BCUT2D eigenvalue weighted by atomic mass is 16.4. The summed E-state index contributed by atoms with van der Waals surface area (Å²) in [5, 5.41) is 22.5. The first-order valence-electron chi connectivity index (χ1n) is 7.92. The van der Waals surface area contributed by atoms with Crippen LogP contribution in [0.5, 0.6) is 0 Å². The molecule has 1 aliphatic rings. The van der Waals surface area contributed by atoms with Gasteiger partial charge in [0.25, 0.3) is 0 Å². The number of hydrogen-bond donors (Lipinski definition) is 4. The molecule has 7 nitrogen and oxygen atoms in total. The summed E-state index contributed by atoms with van der Waals surface area (Å²) >= 11 is 0. The first kappa shape index (κ1) is 18.4. The van der Waals surface area contributed by atoms with Gasteiger partial charge in [-0.1, -0.05) is 26.7 Å². The summed E-state index contributed by atoms with van der Waals surface area (Å²) < 4.78 is 0. The van der Waals surface area contributed by atoms with Crippen molar-refractivity contribution in [2.45, 2.75) is 58.2 Å². The summed E-state index contributed by atoms with van der Waals surface area (Å²) in [5.74, 6) is -0.108. The Morgan fingerprint density at radius 3 is 2.41 bits per heavy atom. The molecule has 0 aromatic rings. The van der Waals surface area contributed by atoms with Gasteiger partial charge < -0.3 is 21.8 Å². The van der Waals surface area contributed by atoms with Crippen LogP contribution < -0.4 is 11.5 Å². The van der Waals surface area contributed by atoms with Gasteiger partial charge in [0.1, 0.15) is 0 Å². The molecule has 6 N–H and O–H groups in total. The highest BCUT2D eigenvalue weighted by Crippen LogP contribution is 2.40. The number of hydrogen-bond acceptors (Lipinski definition) is 5. The van der Waals surface area contributed by atoms with Gasteiger partial charge in [-0.3, -0.25) is 4.99 Å². The highest BCUT2D eigenvalue weighted by molar-refractivity contribution is 5.76. The van der Waals surface area contributed by atoms with Crippen LogP contribution in [-0.4, -0.2) is 46.9 Å². The molecular formula is C15H29N5O2. The molecule has 0 aromatic carbocycles. The SMILES string of the molecule is CC=NC(C(CC)CC)[C@@H]1[C@H](O)[C@@H](/C=N/O)C[C@H]1N=C(N)N. The van der Waals surface area contributed by atoms with E-state index in [0.29, 0.717) is 12.3 Å². The van der Waals surface area contributed by atoms with Crippen molar-refractivity contribution in [3.05, 3.63) is 0 Å². The van der Waals surface area contributed by atoms with E-state index in [-0.39, 0.29) is 29.9 Å². The average Bonchev–Trinajstić information content (AvgIpc) is 2.75. The Bertz CT molecular complexity index is 416. The zero-order chi connectivity index (χ0) is 16.7. The lowest BCUT2D eigenvalue weighted by Gasteiger charge is -2.32. The summed E-state index contributed by atoms with van der Waals surface area (Å²) in [6, 6.07) is -0.280. The highest BCUT2D eigenvalue weighted by Gasteiger charge is 2.47. The third-order valence-electron chi connectivity index (χ3n) is 4.61. The van der Waals surface area contributed by atoms with E-state index in [9.17, 15) is 5.11 Å². The van der Waals surface area contributed by atoms with E-state index >= 15 is 0 Å². The second kappa shape index (κ2) is 8.73. The fourth-order valence-electron chi connectivity index (χ4n) is 3.56. The maximum Gasteiger partial charge on any atom is 0.186 e. The van der Waals surface area contributed by atoms with Crippen molar-refractivity contribution in [3.63, 3.8) is 0 Å². The number of aliphatic hydroxyl groups excluding tert-OH is 1. The summed E-state index contributed by atoms with van der Waals surface area (Å²) in [6.45, 7) is 6.12. The maximum absolute atomic E-state index is 10.7. The molecule has 0 aromatic heterocycles. The average molecular weight is 311 g/mol. The van der Waals surface area contributed by atoms with Gasteiger partial charge in [-0.25, -0.2) is 4.99 Å². The molecule has 1 fully saturated rings. The van der Waals surface area contributed by atoms with Gasteiger partial charge in [-0.2, -0.15) is 0 Å². The van der Waals surface area contributed by atoms with Crippen molar-refractivity contribution in [1.82, 2.24) is 0 Å². The molecule has 126 valence electrons. The third-order valence-corrected chi connectivity index (χ3v) is 4.61. The molecule has 0 amide bonds. The van der Waals surface area contributed by atoms with Gasteiger partial charge in [0.2, 0.25) is 0 Å². The van der Waals surface area contributed by atoms with Gasteiger partial charge in [0.05, 0.1) is 18.2 Å². The van der Waals surface area contributed by atoms with E-state index in [0.717, 1.165) is 12.8 Å². The van der Waals surface area contributed by atoms with Crippen LogP contribution in [0.1, 0.15) is 40.0 Å². The van der Waals surface area contributed by atoms with Crippen molar-refractivity contribution >= 4 is 18.4 Å². The van der Waals surface area contributed by atoms with Crippen LogP contribution in [0.2, 0.25) is 0 Å². The molecule has 7 heteroatoms. The van der Waals surface area contributed by atoms with E-state index in [1.165, 1.54) is 6.21 Å². The number of rotatable bonds is 7. The number of nitrogens with zero attached hydrogens (tertiary/aromatic N) is 3. The monoisotopic (exact) mass is 311 g/mol. The predicted molar refractivity (Wildman–Crippen MR) is 89.5 cm³/mol. The van der Waals surface area contributed by atoms with E-state index in [2.05, 4.69) is 29.0 Å². The Labute approximate surface area is 132 Å². The Kier molecular flexibility index (Phi) is 7.31. The molecule has 0 radical (unpaired) electrons. The van der Waals surface area contributed by atoms with Crippen LogP contribution in [0, 0.1) is 17.8 Å². The summed E-state index contributed by atoms with van der Waals surface area (Å²) in [4.78, 5) is 8.90. The number of aliphatic hydroxyl groups is 1. The van der Waals surface area contributed by atoms with Gasteiger partial charge >= 0.3 is 0 Å². The quantitative estimate of drug-likeness (QED) is 0.242. The Morgan fingerprint density at radius 1 is 1.32 bits per heavy atom. The van der Waals surface area contributed by atoms with Crippen molar-refractivity contribution in [3.8, 4) is 0 Å². The minimum absolute atomic E-state index is 0.00700. The molecule has 1 saturated carbocycles. The number of oxime groups is 1. The second-order valence-corrected chi connectivity index (χ2v) is 5.83. The van der Waals surface area contributed by atoms with Crippen LogP contribution in [0.4, 0.5) is 0 Å². The number of nitrogens with two attached hydrogens (primary N) is 2. The molecule has 0 aliphatic heterocycles. The van der Waals surface area contributed by atoms with E-state index in [4.69, 9.17) is 16.7 Å². The van der Waals surface area contributed by atoms with Crippen LogP contribution in [-0.2, 0) is 0 Å². The maximum atomic E-state index is 10.7. The standard InChI is InChI=1S/C15H29N5O2/c1-4-9(5-2)13(18-6-3)12-11(20-15(16)17)7-10(8-19-22)14(12)21/h6,8-14,21-22H,4-5,7H2,1-3H3,(H4,16,17,20)/b18-6?,19-8+/t10-,11-,12-,13?,14-/m1/s1. The molecule has 1 unspecified atom stereocenters. The Balaban J connectivity index is 3.18. The lowest BCUT2D eigenvalue weighted by molar-refractivity contribution is 0.0828. The molecular weight excluding hydrogens is 282 g/mol. The normalized spacial score (nSPS) is 30.4. The van der Waals surface area contributed by atoms with Gasteiger partial charge in [0.15, 0.2) is 5.96 Å². The van der Waals surface area contributed by atoms with Crippen LogP contribution in [0.15, 0.2) is 15.1 Å². The van der Waals surface area contributed by atoms with Crippen molar-refractivity contribution < 1.29 is 10.3 Å². The first-order chi connectivity index (χ1) is 10.5.